The summed E-state index contributed by atoms with van der Waals surface area (Å²) in [6.07, 6.45) is 4.67. The van der Waals surface area contributed by atoms with Crippen LogP contribution in [0.4, 0.5) is 0 Å². The number of benzene rings is 1. The van der Waals surface area contributed by atoms with Gasteiger partial charge in [-0.3, -0.25) is 4.79 Å². The second-order valence-electron chi connectivity index (χ2n) is 5.40. The van der Waals surface area contributed by atoms with Crippen LogP contribution in [0.5, 0.6) is 11.5 Å². The zero-order valence-electron chi connectivity index (χ0n) is 12.6. The van der Waals surface area contributed by atoms with Crippen LogP contribution in [0.3, 0.4) is 0 Å². The second kappa shape index (κ2) is 6.57. The number of aromatic nitrogens is 3. The van der Waals surface area contributed by atoms with E-state index in [1.54, 1.807) is 13.2 Å². The van der Waals surface area contributed by atoms with Gasteiger partial charge in [-0.2, -0.15) is 15.4 Å². The van der Waals surface area contributed by atoms with E-state index in [9.17, 15) is 4.79 Å². The monoisotopic (exact) mass is 380 g/mol. The Morgan fingerprint density at radius 1 is 1.35 bits per heavy atom. The van der Waals surface area contributed by atoms with Crippen molar-refractivity contribution < 1.29 is 14.3 Å². The van der Waals surface area contributed by atoms with E-state index in [4.69, 9.17) is 15.2 Å². The van der Waals surface area contributed by atoms with Crippen LogP contribution in [0.1, 0.15) is 36.2 Å². The second-order valence-corrected chi connectivity index (χ2v) is 6.25. The van der Waals surface area contributed by atoms with Crippen LogP contribution >= 0.6 is 15.9 Å². The Morgan fingerprint density at radius 2 is 2.09 bits per heavy atom. The fourth-order valence-corrected chi connectivity index (χ4v) is 3.28. The van der Waals surface area contributed by atoms with E-state index in [1.165, 1.54) is 12.8 Å². The minimum atomic E-state index is -0.643. The zero-order valence-corrected chi connectivity index (χ0v) is 14.2. The quantitative estimate of drug-likeness (QED) is 0.829. The van der Waals surface area contributed by atoms with Crippen molar-refractivity contribution in [2.75, 3.05) is 7.11 Å². The summed E-state index contributed by atoms with van der Waals surface area (Å²) in [7, 11) is 1.57. The van der Waals surface area contributed by atoms with E-state index in [-0.39, 0.29) is 11.8 Å². The third-order valence-corrected chi connectivity index (χ3v) is 4.46. The number of hydrogen-bond acceptors (Lipinski definition) is 5. The molecule has 0 unspecified atom stereocenters. The highest BCUT2D eigenvalue weighted by atomic mass is 79.9. The maximum atomic E-state index is 11.4. The Kier molecular flexibility index (Phi) is 4.51. The highest BCUT2D eigenvalue weighted by Gasteiger charge is 2.23. The van der Waals surface area contributed by atoms with Gasteiger partial charge in [0.15, 0.2) is 17.2 Å². The lowest BCUT2D eigenvalue weighted by atomic mass is 10.1. The smallest absolute Gasteiger partial charge is 0.271 e. The number of nitrogens with zero attached hydrogens (tertiary/aromatic N) is 2. The van der Waals surface area contributed by atoms with Gasteiger partial charge in [0.25, 0.3) is 5.91 Å². The first-order chi connectivity index (χ1) is 11.1. The van der Waals surface area contributed by atoms with Crippen LogP contribution < -0.4 is 15.2 Å². The lowest BCUT2D eigenvalue weighted by Gasteiger charge is -2.18. The molecule has 1 saturated carbocycles. The number of primary amides is 1. The highest BCUT2D eigenvalue weighted by Crippen LogP contribution is 2.41. The van der Waals surface area contributed by atoms with Gasteiger partial charge in [0.05, 0.1) is 17.7 Å². The number of amides is 1. The number of H-pyrrole nitrogens is 1. The minimum absolute atomic E-state index is 0.0865. The maximum absolute atomic E-state index is 11.4. The molecule has 3 rings (SSSR count). The molecule has 1 aliphatic carbocycles. The number of nitrogens with two attached hydrogens (primary N) is 1. The summed E-state index contributed by atoms with van der Waals surface area (Å²) in [6, 6.07) is 3.58. The third-order valence-electron chi connectivity index (χ3n) is 3.87. The number of aromatic amines is 1. The Balaban J connectivity index is 1.99. The SMILES string of the molecule is COc1cc(-c2n[nH]nc2C(N)=O)cc(Br)c1OC1CCCC1. The molecule has 0 radical (unpaired) electrons. The molecule has 1 fully saturated rings. The maximum Gasteiger partial charge on any atom is 0.271 e. The van der Waals surface area contributed by atoms with Crippen molar-refractivity contribution in [3.63, 3.8) is 0 Å². The molecule has 2 aromatic rings. The van der Waals surface area contributed by atoms with Crippen LogP contribution in [0, 0.1) is 0 Å². The molecule has 3 N–H and O–H groups in total. The molecule has 0 aliphatic heterocycles. The average molecular weight is 381 g/mol. The topological polar surface area (TPSA) is 103 Å². The molecule has 1 heterocycles. The Labute approximate surface area is 141 Å². The Hall–Kier alpha value is -2.09. The van der Waals surface area contributed by atoms with Crippen molar-refractivity contribution in [1.82, 2.24) is 15.4 Å². The number of rotatable bonds is 5. The number of halogens is 1. The van der Waals surface area contributed by atoms with E-state index in [0.717, 1.165) is 17.3 Å². The molecular formula is C15H17BrN4O3. The van der Waals surface area contributed by atoms with Gasteiger partial charge in [0, 0.05) is 5.56 Å². The largest absolute Gasteiger partial charge is 0.493 e. The molecule has 0 saturated heterocycles. The summed E-state index contributed by atoms with van der Waals surface area (Å²) in [5.41, 5.74) is 6.44. The van der Waals surface area contributed by atoms with Gasteiger partial charge >= 0.3 is 0 Å². The molecule has 0 bridgehead atoms. The zero-order chi connectivity index (χ0) is 16.4. The molecule has 1 aromatic carbocycles. The standard InChI is InChI=1S/C15H17BrN4O3/c1-22-11-7-8(12-13(15(17)21)19-20-18-12)6-10(16)14(11)23-9-4-2-3-5-9/h6-7,9H,2-5H2,1H3,(H2,17,21)(H,18,19,20). The molecule has 1 amide bonds. The summed E-state index contributed by atoms with van der Waals surface area (Å²) in [5.74, 6) is 0.585. The number of carbonyl (C=O) groups excluding carboxylic acids is 1. The van der Waals surface area contributed by atoms with Crippen molar-refractivity contribution in [3.8, 4) is 22.8 Å². The summed E-state index contributed by atoms with van der Waals surface area (Å²) < 4.78 is 12.3. The number of nitrogens with one attached hydrogen (secondary N) is 1. The number of methoxy groups -OCH3 is 1. The first kappa shape index (κ1) is 15.8. The Morgan fingerprint density at radius 3 is 2.74 bits per heavy atom. The van der Waals surface area contributed by atoms with Gasteiger partial charge in [0.2, 0.25) is 0 Å². The molecule has 0 atom stereocenters. The summed E-state index contributed by atoms with van der Waals surface area (Å²) in [4.78, 5) is 11.4. The highest BCUT2D eigenvalue weighted by molar-refractivity contribution is 9.10. The van der Waals surface area contributed by atoms with Crippen LogP contribution in [0.2, 0.25) is 0 Å². The van der Waals surface area contributed by atoms with Crippen LogP contribution in [-0.2, 0) is 0 Å². The van der Waals surface area contributed by atoms with Gasteiger partial charge in [-0.15, -0.1) is 0 Å². The molecular weight excluding hydrogens is 364 g/mol. The lowest BCUT2D eigenvalue weighted by molar-refractivity contribution is 0.0996. The molecule has 1 aliphatic rings. The molecule has 23 heavy (non-hydrogen) atoms. The van der Waals surface area contributed by atoms with Gasteiger partial charge in [-0.1, -0.05) is 0 Å². The first-order valence-corrected chi connectivity index (χ1v) is 8.14. The number of ether oxygens (including phenoxy) is 2. The normalized spacial score (nSPS) is 14.9. The summed E-state index contributed by atoms with van der Waals surface area (Å²) in [5, 5.41) is 10.2. The van der Waals surface area contributed by atoms with Gasteiger partial charge in [-0.05, 0) is 53.7 Å². The van der Waals surface area contributed by atoms with E-state index in [0.29, 0.717) is 22.8 Å². The van der Waals surface area contributed by atoms with Crippen molar-refractivity contribution in [3.05, 3.63) is 22.3 Å². The average Bonchev–Trinajstić information content (AvgIpc) is 3.19. The van der Waals surface area contributed by atoms with Crippen LogP contribution in [0.25, 0.3) is 11.3 Å². The molecule has 7 nitrogen and oxygen atoms in total. The van der Waals surface area contributed by atoms with E-state index >= 15 is 0 Å². The predicted molar refractivity (Wildman–Crippen MR) is 87.5 cm³/mol. The molecule has 8 heteroatoms. The van der Waals surface area contributed by atoms with Crippen molar-refractivity contribution in [2.45, 2.75) is 31.8 Å². The fraction of sp³-hybridized carbons (Fsp3) is 0.400. The van der Waals surface area contributed by atoms with E-state index in [2.05, 4.69) is 31.3 Å². The predicted octanol–water partition coefficient (Wildman–Crippen LogP) is 2.66. The molecule has 122 valence electrons. The number of hydrogen-bond donors (Lipinski definition) is 2. The molecule has 1 aromatic heterocycles. The summed E-state index contributed by atoms with van der Waals surface area (Å²) >= 11 is 3.51. The minimum Gasteiger partial charge on any atom is -0.493 e. The van der Waals surface area contributed by atoms with Crippen molar-refractivity contribution >= 4 is 21.8 Å². The fourth-order valence-electron chi connectivity index (χ4n) is 2.75. The lowest BCUT2D eigenvalue weighted by Crippen LogP contribution is -2.13. The summed E-state index contributed by atoms with van der Waals surface area (Å²) in [6.45, 7) is 0. The molecule has 0 spiro atoms. The van der Waals surface area contributed by atoms with Crippen molar-refractivity contribution in [2.24, 2.45) is 5.73 Å². The van der Waals surface area contributed by atoms with Gasteiger partial charge in [0.1, 0.15) is 5.69 Å². The van der Waals surface area contributed by atoms with Gasteiger partial charge in [-0.25, -0.2) is 0 Å². The van der Waals surface area contributed by atoms with Crippen LogP contribution in [0.15, 0.2) is 16.6 Å². The van der Waals surface area contributed by atoms with Gasteiger partial charge < -0.3 is 15.2 Å². The van der Waals surface area contributed by atoms with Crippen molar-refractivity contribution in [1.29, 1.82) is 0 Å². The Bertz CT molecular complexity index is 726. The van der Waals surface area contributed by atoms with E-state index in [1.807, 2.05) is 6.07 Å². The van der Waals surface area contributed by atoms with E-state index < -0.39 is 5.91 Å². The first-order valence-electron chi connectivity index (χ1n) is 7.35. The third kappa shape index (κ3) is 3.17. The van der Waals surface area contributed by atoms with Crippen LogP contribution in [-0.4, -0.2) is 34.5 Å². The number of carbonyl (C=O) groups is 1.